The topological polar surface area (TPSA) is 58.2 Å². The second-order valence-corrected chi connectivity index (χ2v) is 6.98. The van der Waals surface area contributed by atoms with Gasteiger partial charge in [-0.15, -0.1) is 11.3 Å². The van der Waals surface area contributed by atoms with Crippen molar-refractivity contribution in [2.24, 2.45) is 0 Å². The summed E-state index contributed by atoms with van der Waals surface area (Å²) in [6.45, 7) is 1.87. The second-order valence-electron chi connectivity index (χ2n) is 5.84. The van der Waals surface area contributed by atoms with Gasteiger partial charge >= 0.3 is 0 Å². The molecule has 5 heteroatoms. The Labute approximate surface area is 139 Å². The summed E-state index contributed by atoms with van der Waals surface area (Å²) in [5, 5.41) is 0. The van der Waals surface area contributed by atoms with Gasteiger partial charge in [0.15, 0.2) is 0 Å². The molecule has 2 aromatic rings. The maximum absolute atomic E-state index is 12.3. The lowest BCUT2D eigenvalue weighted by Crippen LogP contribution is -2.41. The maximum atomic E-state index is 12.3. The molecule has 3 rings (SSSR count). The Morgan fingerprint density at radius 1 is 1.00 bits per heavy atom. The van der Waals surface area contributed by atoms with Crippen molar-refractivity contribution in [2.75, 3.05) is 0 Å². The van der Waals surface area contributed by atoms with E-state index in [9.17, 15) is 9.59 Å². The summed E-state index contributed by atoms with van der Waals surface area (Å²) < 4.78 is 0. The maximum Gasteiger partial charge on any atom is 0.279 e. The molecular weight excluding hydrogens is 308 g/mol. The van der Waals surface area contributed by atoms with E-state index in [-0.39, 0.29) is 11.8 Å². The van der Waals surface area contributed by atoms with E-state index in [1.165, 1.54) is 29.7 Å². The Morgan fingerprint density at radius 2 is 1.74 bits per heavy atom. The van der Waals surface area contributed by atoms with Gasteiger partial charge in [0.2, 0.25) is 0 Å². The van der Waals surface area contributed by atoms with Crippen molar-refractivity contribution in [3.05, 3.63) is 56.8 Å². The summed E-state index contributed by atoms with van der Waals surface area (Å²) in [4.78, 5) is 26.4. The van der Waals surface area contributed by atoms with Crippen LogP contribution in [-0.2, 0) is 12.8 Å². The Balaban J connectivity index is 1.64. The number of rotatable bonds is 2. The molecule has 0 unspecified atom stereocenters. The van der Waals surface area contributed by atoms with Gasteiger partial charge in [0.1, 0.15) is 0 Å². The molecule has 1 aliphatic rings. The summed E-state index contributed by atoms with van der Waals surface area (Å²) in [5.41, 5.74) is 7.76. The molecule has 0 bridgehead atoms. The number of carbonyl (C=O) groups is 2. The van der Waals surface area contributed by atoms with Gasteiger partial charge in [-0.3, -0.25) is 20.4 Å². The van der Waals surface area contributed by atoms with Gasteiger partial charge in [0.05, 0.1) is 4.88 Å². The highest BCUT2D eigenvalue weighted by Gasteiger charge is 2.17. The van der Waals surface area contributed by atoms with Gasteiger partial charge in [-0.05, 0) is 55.9 Å². The molecule has 1 aliphatic carbocycles. The number of fused-ring (bicyclic) bond motifs is 1. The van der Waals surface area contributed by atoms with E-state index in [1.807, 2.05) is 25.1 Å². The molecular formula is C18H20N2O2S. The van der Waals surface area contributed by atoms with E-state index in [0.717, 1.165) is 18.4 Å². The Bertz CT molecular complexity index is 713. The van der Waals surface area contributed by atoms with Crippen molar-refractivity contribution in [1.82, 2.24) is 10.9 Å². The van der Waals surface area contributed by atoms with Crippen LogP contribution in [0, 0.1) is 6.92 Å². The molecule has 0 saturated heterocycles. The molecule has 0 fully saturated rings. The second kappa shape index (κ2) is 6.96. The highest BCUT2D eigenvalue weighted by Crippen LogP contribution is 2.28. The molecule has 120 valence electrons. The van der Waals surface area contributed by atoms with Crippen LogP contribution in [0.4, 0.5) is 0 Å². The van der Waals surface area contributed by atoms with Crippen LogP contribution in [0.2, 0.25) is 0 Å². The third-order valence-corrected chi connectivity index (χ3v) is 5.39. The quantitative estimate of drug-likeness (QED) is 0.656. The Kier molecular flexibility index (Phi) is 4.76. The number of hydrogen-bond acceptors (Lipinski definition) is 3. The Hall–Kier alpha value is -2.14. The number of thiophene rings is 1. The average Bonchev–Trinajstić information content (AvgIpc) is 2.84. The van der Waals surface area contributed by atoms with E-state index in [0.29, 0.717) is 10.4 Å². The van der Waals surface area contributed by atoms with Crippen LogP contribution in [0.5, 0.6) is 0 Å². The zero-order valence-electron chi connectivity index (χ0n) is 13.1. The molecule has 1 heterocycles. The van der Waals surface area contributed by atoms with Crippen LogP contribution in [0.3, 0.4) is 0 Å². The Morgan fingerprint density at radius 3 is 2.57 bits per heavy atom. The first-order valence-corrected chi connectivity index (χ1v) is 8.74. The number of carbonyl (C=O) groups excluding carboxylic acids is 2. The minimum atomic E-state index is -0.297. The average molecular weight is 328 g/mol. The SMILES string of the molecule is Cc1ccccc1C(=O)NNC(=O)c1cc2c(s1)CCCCC2. The van der Waals surface area contributed by atoms with Crippen LogP contribution in [0.15, 0.2) is 30.3 Å². The molecule has 0 spiro atoms. The van der Waals surface area contributed by atoms with Crippen molar-refractivity contribution < 1.29 is 9.59 Å². The molecule has 4 nitrogen and oxygen atoms in total. The molecule has 2 N–H and O–H groups in total. The fourth-order valence-corrected chi connectivity index (χ4v) is 4.00. The van der Waals surface area contributed by atoms with Crippen molar-refractivity contribution in [3.8, 4) is 0 Å². The van der Waals surface area contributed by atoms with Gasteiger partial charge in [-0.25, -0.2) is 0 Å². The van der Waals surface area contributed by atoms with Crippen molar-refractivity contribution >= 4 is 23.2 Å². The molecule has 0 aliphatic heterocycles. The first kappa shape index (κ1) is 15.7. The molecule has 23 heavy (non-hydrogen) atoms. The van der Waals surface area contributed by atoms with Crippen LogP contribution in [-0.4, -0.2) is 11.8 Å². The highest BCUT2D eigenvalue weighted by atomic mass is 32.1. The number of aryl methyl sites for hydroxylation is 3. The molecule has 0 radical (unpaired) electrons. The predicted octanol–water partition coefficient (Wildman–Crippen LogP) is 3.40. The zero-order chi connectivity index (χ0) is 16.2. The number of hydrazine groups is 1. The lowest BCUT2D eigenvalue weighted by atomic mass is 10.1. The third kappa shape index (κ3) is 3.62. The third-order valence-electron chi connectivity index (χ3n) is 4.15. The van der Waals surface area contributed by atoms with E-state index in [4.69, 9.17) is 0 Å². The van der Waals surface area contributed by atoms with E-state index < -0.39 is 0 Å². The van der Waals surface area contributed by atoms with Crippen LogP contribution in [0.1, 0.15) is 55.3 Å². The van der Waals surface area contributed by atoms with Gasteiger partial charge in [-0.1, -0.05) is 24.6 Å². The van der Waals surface area contributed by atoms with Crippen LogP contribution >= 0.6 is 11.3 Å². The van der Waals surface area contributed by atoms with Gasteiger partial charge in [0.25, 0.3) is 11.8 Å². The van der Waals surface area contributed by atoms with E-state index in [2.05, 4.69) is 10.9 Å². The summed E-state index contributed by atoms with van der Waals surface area (Å²) in [6.07, 6.45) is 5.75. The largest absolute Gasteiger partial charge is 0.279 e. The number of benzene rings is 1. The fourth-order valence-electron chi connectivity index (χ4n) is 2.85. The standard InChI is InChI=1S/C18H20N2O2S/c1-12-7-5-6-9-14(12)17(21)19-20-18(22)16-11-13-8-3-2-4-10-15(13)23-16/h5-7,9,11H,2-4,8,10H2,1H3,(H,19,21)(H,20,22). The zero-order valence-corrected chi connectivity index (χ0v) is 14.0. The van der Waals surface area contributed by atoms with Gasteiger partial charge in [-0.2, -0.15) is 0 Å². The fraction of sp³-hybridized carbons (Fsp3) is 0.333. The summed E-state index contributed by atoms with van der Waals surface area (Å²) in [6, 6.07) is 9.27. The minimum Gasteiger partial charge on any atom is -0.267 e. The summed E-state index contributed by atoms with van der Waals surface area (Å²) >= 11 is 1.54. The van der Waals surface area contributed by atoms with Gasteiger partial charge in [0, 0.05) is 10.4 Å². The van der Waals surface area contributed by atoms with Crippen LogP contribution < -0.4 is 10.9 Å². The van der Waals surface area contributed by atoms with E-state index >= 15 is 0 Å². The molecule has 2 amide bonds. The summed E-state index contributed by atoms with van der Waals surface area (Å²) in [5.74, 6) is -0.542. The number of amides is 2. The monoisotopic (exact) mass is 328 g/mol. The van der Waals surface area contributed by atoms with E-state index in [1.54, 1.807) is 23.5 Å². The molecule has 0 atom stereocenters. The van der Waals surface area contributed by atoms with Crippen molar-refractivity contribution in [2.45, 2.75) is 39.0 Å². The summed E-state index contributed by atoms with van der Waals surface area (Å²) in [7, 11) is 0. The molecule has 1 aromatic heterocycles. The number of nitrogens with one attached hydrogen (secondary N) is 2. The van der Waals surface area contributed by atoms with Crippen molar-refractivity contribution in [3.63, 3.8) is 0 Å². The lowest BCUT2D eigenvalue weighted by Gasteiger charge is -2.08. The lowest BCUT2D eigenvalue weighted by molar-refractivity contribution is 0.0848. The normalized spacial score (nSPS) is 13.8. The first-order valence-electron chi connectivity index (χ1n) is 7.93. The highest BCUT2D eigenvalue weighted by molar-refractivity contribution is 7.14. The first-order chi connectivity index (χ1) is 11.1. The molecule has 0 saturated carbocycles. The van der Waals surface area contributed by atoms with Crippen molar-refractivity contribution in [1.29, 1.82) is 0 Å². The minimum absolute atomic E-state index is 0.245. The number of hydrogen-bond donors (Lipinski definition) is 2. The smallest absolute Gasteiger partial charge is 0.267 e. The van der Waals surface area contributed by atoms with Crippen LogP contribution in [0.25, 0.3) is 0 Å². The van der Waals surface area contributed by atoms with Gasteiger partial charge < -0.3 is 0 Å². The molecule has 1 aromatic carbocycles. The predicted molar refractivity (Wildman–Crippen MR) is 91.7 cm³/mol.